The third-order valence-corrected chi connectivity index (χ3v) is 6.41. The van der Waals surface area contributed by atoms with Gasteiger partial charge in [0, 0.05) is 21.8 Å². The van der Waals surface area contributed by atoms with E-state index in [1.807, 2.05) is 30.3 Å². The number of benzene rings is 3. The van der Waals surface area contributed by atoms with Crippen LogP contribution in [-0.2, 0) is 20.9 Å². The normalized spacial score (nSPS) is 14.7. The van der Waals surface area contributed by atoms with Gasteiger partial charge >= 0.3 is 5.97 Å². The quantitative estimate of drug-likeness (QED) is 0.126. The molecule has 0 saturated heterocycles. The zero-order valence-electron chi connectivity index (χ0n) is 22.5. The van der Waals surface area contributed by atoms with Gasteiger partial charge < -0.3 is 24.8 Å². The van der Waals surface area contributed by atoms with E-state index in [2.05, 4.69) is 21.2 Å². The number of carbonyl (C=O) groups is 2. The van der Waals surface area contributed by atoms with E-state index >= 15 is 0 Å². The average molecular weight is 593 g/mol. The number of carbonyl (C=O) groups excluding carboxylic acids is 2. The summed E-state index contributed by atoms with van der Waals surface area (Å²) >= 11 is 11.5. The van der Waals surface area contributed by atoms with Crippen LogP contribution in [0.1, 0.15) is 36.6 Å². The van der Waals surface area contributed by atoms with Gasteiger partial charge in [-0.2, -0.15) is 5.10 Å². The molecule has 41 heavy (non-hydrogen) atoms. The van der Waals surface area contributed by atoms with E-state index in [4.69, 9.17) is 38.0 Å². The van der Waals surface area contributed by atoms with Crippen LogP contribution in [0.5, 0.6) is 11.5 Å². The molecule has 0 radical (unpaired) electrons. The maximum atomic E-state index is 12.7. The SMILES string of the molecule is CCOC(=O)C1=C(C)NC(=S)N[C@@H]1c1ccccc1OCC(=O)NN=Cc1cc(Cl)ccc1OCc1ccccc1. The number of nitrogens with zero attached hydrogens (tertiary/aromatic N) is 1. The van der Waals surface area contributed by atoms with Crippen molar-refractivity contribution in [3.63, 3.8) is 0 Å². The highest BCUT2D eigenvalue weighted by molar-refractivity contribution is 7.80. The van der Waals surface area contributed by atoms with Crippen molar-refractivity contribution in [3.05, 3.63) is 106 Å². The number of hydrazone groups is 1. The van der Waals surface area contributed by atoms with Gasteiger partial charge in [0.25, 0.3) is 5.91 Å². The fourth-order valence-corrected chi connectivity index (χ4v) is 4.54. The molecule has 4 rings (SSSR count). The van der Waals surface area contributed by atoms with Crippen molar-refractivity contribution in [1.82, 2.24) is 16.1 Å². The molecule has 1 heterocycles. The predicted molar refractivity (Wildman–Crippen MR) is 161 cm³/mol. The number of amides is 1. The van der Waals surface area contributed by atoms with Crippen molar-refractivity contribution in [2.24, 2.45) is 5.10 Å². The van der Waals surface area contributed by atoms with E-state index in [1.165, 1.54) is 6.21 Å². The standard InChI is InChI=1S/C30H29ClN4O5S/c1-3-38-29(37)27-19(2)33-30(41)34-28(27)23-11-7-8-12-25(23)40-18-26(36)35-32-16-21-15-22(31)13-14-24(21)39-17-20-9-5-4-6-10-20/h4-16,28H,3,17-18H2,1-2H3,(H,35,36)(H2,33,34,41)/t28-/m1/s1. The highest BCUT2D eigenvalue weighted by atomic mass is 35.5. The van der Waals surface area contributed by atoms with Crippen molar-refractivity contribution in [3.8, 4) is 11.5 Å². The van der Waals surface area contributed by atoms with Gasteiger partial charge in [-0.1, -0.05) is 60.1 Å². The predicted octanol–water partition coefficient (Wildman–Crippen LogP) is 4.80. The van der Waals surface area contributed by atoms with Gasteiger partial charge in [-0.15, -0.1) is 0 Å². The molecule has 9 nitrogen and oxygen atoms in total. The van der Waals surface area contributed by atoms with E-state index in [0.29, 0.717) is 50.6 Å². The van der Waals surface area contributed by atoms with Gasteiger partial charge in [0.15, 0.2) is 11.7 Å². The number of rotatable bonds is 11. The highest BCUT2D eigenvalue weighted by Crippen LogP contribution is 2.33. The van der Waals surface area contributed by atoms with Crippen LogP contribution in [0.2, 0.25) is 5.02 Å². The summed E-state index contributed by atoms with van der Waals surface area (Å²) in [6, 6.07) is 21.3. The van der Waals surface area contributed by atoms with Gasteiger partial charge in [-0.3, -0.25) is 4.79 Å². The monoisotopic (exact) mass is 592 g/mol. The van der Waals surface area contributed by atoms with Gasteiger partial charge in [-0.25, -0.2) is 10.2 Å². The molecular weight excluding hydrogens is 564 g/mol. The number of ether oxygens (including phenoxy) is 3. The summed E-state index contributed by atoms with van der Waals surface area (Å²) < 4.78 is 17.0. The summed E-state index contributed by atoms with van der Waals surface area (Å²) in [5, 5.41) is 11.0. The fraction of sp³-hybridized carbons (Fsp3) is 0.200. The van der Waals surface area contributed by atoms with Gasteiger partial charge in [0.1, 0.15) is 18.1 Å². The third kappa shape index (κ3) is 8.06. The van der Waals surface area contributed by atoms with Crippen LogP contribution in [0.3, 0.4) is 0 Å². The number of para-hydroxylation sites is 1. The molecule has 1 aliphatic heterocycles. The van der Waals surface area contributed by atoms with Crippen molar-refractivity contribution in [2.75, 3.05) is 13.2 Å². The number of allylic oxidation sites excluding steroid dienone is 1. The Hall–Kier alpha value is -4.41. The number of hydrogen-bond donors (Lipinski definition) is 3. The first-order valence-electron chi connectivity index (χ1n) is 12.8. The highest BCUT2D eigenvalue weighted by Gasteiger charge is 2.32. The first-order chi connectivity index (χ1) is 19.9. The lowest BCUT2D eigenvalue weighted by Crippen LogP contribution is -2.45. The topological polar surface area (TPSA) is 110 Å². The number of hydrogen-bond acceptors (Lipinski definition) is 7. The minimum atomic E-state index is -0.628. The van der Waals surface area contributed by atoms with E-state index in [9.17, 15) is 9.59 Å². The molecule has 0 aromatic heterocycles. The maximum absolute atomic E-state index is 12.7. The van der Waals surface area contributed by atoms with Crippen molar-refractivity contribution in [2.45, 2.75) is 26.5 Å². The minimum absolute atomic E-state index is 0.224. The molecule has 11 heteroatoms. The van der Waals surface area contributed by atoms with Crippen LogP contribution in [0.15, 0.2) is 89.2 Å². The Balaban J connectivity index is 1.41. The van der Waals surface area contributed by atoms with Gasteiger partial charge in [-0.05, 0) is 55.9 Å². The molecule has 3 aromatic carbocycles. The summed E-state index contributed by atoms with van der Waals surface area (Å²) in [6.07, 6.45) is 1.46. The van der Waals surface area contributed by atoms with E-state index < -0.39 is 17.9 Å². The zero-order valence-corrected chi connectivity index (χ0v) is 24.1. The second-order valence-electron chi connectivity index (χ2n) is 8.87. The Morgan fingerprint density at radius 2 is 1.80 bits per heavy atom. The molecule has 0 unspecified atom stereocenters. The van der Waals surface area contributed by atoms with Crippen molar-refractivity contribution >= 4 is 47.0 Å². The molecule has 0 aliphatic carbocycles. The third-order valence-electron chi connectivity index (χ3n) is 5.96. The van der Waals surface area contributed by atoms with Crippen LogP contribution in [0.4, 0.5) is 0 Å². The molecule has 212 valence electrons. The lowest BCUT2D eigenvalue weighted by Gasteiger charge is -2.30. The first-order valence-corrected chi connectivity index (χ1v) is 13.6. The van der Waals surface area contributed by atoms with Crippen LogP contribution < -0.4 is 25.5 Å². The fourth-order valence-electron chi connectivity index (χ4n) is 4.09. The van der Waals surface area contributed by atoms with Crippen molar-refractivity contribution in [1.29, 1.82) is 0 Å². The lowest BCUT2D eigenvalue weighted by molar-refractivity contribution is -0.139. The van der Waals surface area contributed by atoms with Crippen LogP contribution >= 0.6 is 23.8 Å². The van der Waals surface area contributed by atoms with E-state index in [-0.39, 0.29) is 13.2 Å². The average Bonchev–Trinajstić information content (AvgIpc) is 2.96. The Bertz CT molecular complexity index is 1480. The summed E-state index contributed by atoms with van der Waals surface area (Å²) in [6.45, 7) is 3.75. The zero-order chi connectivity index (χ0) is 29.2. The number of halogens is 1. The van der Waals surface area contributed by atoms with Crippen LogP contribution in [0, 0.1) is 0 Å². The molecule has 1 amide bonds. The maximum Gasteiger partial charge on any atom is 0.338 e. The summed E-state index contributed by atoms with van der Waals surface area (Å²) in [5.74, 6) is -0.00656. The summed E-state index contributed by atoms with van der Waals surface area (Å²) in [7, 11) is 0. The molecular formula is C30H29ClN4O5S. The smallest absolute Gasteiger partial charge is 0.338 e. The van der Waals surface area contributed by atoms with Crippen LogP contribution in [-0.4, -0.2) is 36.4 Å². The first kappa shape index (κ1) is 29.6. The van der Waals surface area contributed by atoms with Crippen molar-refractivity contribution < 1.29 is 23.8 Å². The number of thiocarbonyl (C=S) groups is 1. The minimum Gasteiger partial charge on any atom is -0.488 e. The Morgan fingerprint density at radius 1 is 1.05 bits per heavy atom. The number of nitrogens with one attached hydrogen (secondary N) is 3. The molecule has 1 aliphatic rings. The Labute approximate surface area is 248 Å². The molecule has 0 bridgehead atoms. The molecule has 0 spiro atoms. The number of esters is 1. The molecule has 0 fully saturated rings. The second kappa shape index (κ2) is 14.3. The van der Waals surface area contributed by atoms with Gasteiger partial charge in [0.2, 0.25) is 0 Å². The largest absolute Gasteiger partial charge is 0.488 e. The Kier molecular flexibility index (Phi) is 10.3. The molecule has 0 saturated carbocycles. The molecule has 3 aromatic rings. The van der Waals surface area contributed by atoms with Crippen LogP contribution in [0.25, 0.3) is 0 Å². The van der Waals surface area contributed by atoms with Gasteiger partial charge in [0.05, 0.1) is 24.4 Å². The molecule has 1 atom stereocenters. The Morgan fingerprint density at radius 3 is 2.59 bits per heavy atom. The van der Waals surface area contributed by atoms with E-state index in [1.54, 1.807) is 56.3 Å². The lowest BCUT2D eigenvalue weighted by atomic mass is 9.95. The summed E-state index contributed by atoms with van der Waals surface area (Å²) in [4.78, 5) is 25.3. The molecule has 3 N–H and O–H groups in total. The summed E-state index contributed by atoms with van der Waals surface area (Å²) in [5.41, 5.74) is 5.63. The second-order valence-corrected chi connectivity index (χ2v) is 9.71. The van der Waals surface area contributed by atoms with E-state index in [0.717, 1.165) is 5.56 Å².